The summed E-state index contributed by atoms with van der Waals surface area (Å²) in [4.78, 5) is 0. The summed E-state index contributed by atoms with van der Waals surface area (Å²) in [6.07, 6.45) is 12.2. The van der Waals surface area contributed by atoms with Crippen molar-refractivity contribution in [3.8, 4) is 0 Å². The lowest BCUT2D eigenvalue weighted by molar-refractivity contribution is 0.209. The average Bonchev–Trinajstić information content (AvgIpc) is 2.73. The van der Waals surface area contributed by atoms with Crippen LogP contribution in [0.2, 0.25) is 0 Å². The first-order chi connectivity index (χ1) is 14.1. The Labute approximate surface area is 174 Å². The van der Waals surface area contributed by atoms with Crippen LogP contribution in [0.5, 0.6) is 0 Å². The molecule has 0 aromatic heterocycles. The van der Waals surface area contributed by atoms with Crippen LogP contribution in [0.1, 0.15) is 37.3 Å². The SMILES string of the molecule is C=C/C=C(\C=C(\F)CCC/C=C/C)OCc1ccccc1/C(=C\OC)C(=C)OC. The molecule has 1 aromatic carbocycles. The molecule has 0 fully saturated rings. The van der Waals surface area contributed by atoms with Crippen molar-refractivity contribution in [3.63, 3.8) is 0 Å². The molecule has 0 aliphatic heterocycles. The van der Waals surface area contributed by atoms with Crippen LogP contribution in [0.3, 0.4) is 0 Å². The van der Waals surface area contributed by atoms with E-state index in [1.54, 1.807) is 32.6 Å². The van der Waals surface area contributed by atoms with E-state index < -0.39 is 0 Å². The minimum atomic E-state index is -0.219. The Bertz CT molecular complexity index is 785. The van der Waals surface area contributed by atoms with Gasteiger partial charge in [-0.25, -0.2) is 4.39 Å². The summed E-state index contributed by atoms with van der Waals surface area (Å²) >= 11 is 0. The fourth-order valence-corrected chi connectivity index (χ4v) is 2.61. The van der Waals surface area contributed by atoms with Crippen LogP contribution in [-0.2, 0) is 20.8 Å². The molecule has 0 radical (unpaired) electrons. The maximum Gasteiger partial charge on any atom is 0.122 e. The fraction of sp³-hybridized carbons (Fsp3) is 0.280. The van der Waals surface area contributed by atoms with Gasteiger partial charge in [0.2, 0.25) is 0 Å². The van der Waals surface area contributed by atoms with Crippen molar-refractivity contribution in [1.29, 1.82) is 0 Å². The summed E-state index contributed by atoms with van der Waals surface area (Å²) in [6.45, 7) is 9.80. The second-order valence-electron chi connectivity index (χ2n) is 6.20. The van der Waals surface area contributed by atoms with Gasteiger partial charge in [-0.2, -0.15) is 0 Å². The van der Waals surface area contributed by atoms with Crippen LogP contribution in [0.4, 0.5) is 4.39 Å². The highest BCUT2D eigenvalue weighted by Crippen LogP contribution is 2.27. The maximum atomic E-state index is 14.2. The number of methoxy groups -OCH3 is 2. The van der Waals surface area contributed by atoms with Crippen molar-refractivity contribution in [1.82, 2.24) is 0 Å². The van der Waals surface area contributed by atoms with Crippen LogP contribution in [0.25, 0.3) is 5.57 Å². The van der Waals surface area contributed by atoms with Gasteiger partial charge in [0.25, 0.3) is 0 Å². The number of rotatable bonds is 13. The van der Waals surface area contributed by atoms with Gasteiger partial charge in [-0.3, -0.25) is 0 Å². The van der Waals surface area contributed by atoms with Crippen LogP contribution in [0.15, 0.2) is 91.4 Å². The molecular formula is C25H31FO3. The Morgan fingerprint density at radius 1 is 1.21 bits per heavy atom. The summed E-state index contributed by atoms with van der Waals surface area (Å²) in [6, 6.07) is 7.69. The first-order valence-electron chi connectivity index (χ1n) is 9.54. The van der Waals surface area contributed by atoms with E-state index in [1.807, 2.05) is 43.3 Å². The monoisotopic (exact) mass is 398 g/mol. The third kappa shape index (κ3) is 8.69. The molecule has 0 amide bonds. The molecule has 0 bridgehead atoms. The van der Waals surface area contributed by atoms with Crippen LogP contribution < -0.4 is 0 Å². The zero-order valence-electron chi connectivity index (χ0n) is 17.6. The molecule has 4 heteroatoms. The molecule has 3 nitrogen and oxygen atoms in total. The van der Waals surface area contributed by atoms with Crippen molar-refractivity contribution in [2.75, 3.05) is 14.2 Å². The lowest BCUT2D eigenvalue weighted by Crippen LogP contribution is -2.00. The fourth-order valence-electron chi connectivity index (χ4n) is 2.61. The van der Waals surface area contributed by atoms with Gasteiger partial charge in [0.1, 0.15) is 24.0 Å². The number of allylic oxidation sites excluding steroid dienone is 7. The minimum absolute atomic E-state index is 0.219. The number of ether oxygens (including phenoxy) is 3. The van der Waals surface area contributed by atoms with E-state index in [-0.39, 0.29) is 12.4 Å². The molecule has 0 atom stereocenters. The normalized spacial score (nSPS) is 12.8. The third-order valence-electron chi connectivity index (χ3n) is 4.09. The maximum absolute atomic E-state index is 14.2. The Hall–Kier alpha value is -3.01. The summed E-state index contributed by atoms with van der Waals surface area (Å²) in [7, 11) is 3.12. The molecule has 156 valence electrons. The van der Waals surface area contributed by atoms with E-state index in [1.165, 1.54) is 6.08 Å². The van der Waals surface area contributed by atoms with E-state index in [0.29, 0.717) is 23.5 Å². The second kappa shape index (κ2) is 14.1. The Morgan fingerprint density at radius 2 is 1.97 bits per heavy atom. The quantitative estimate of drug-likeness (QED) is 0.155. The molecule has 0 unspecified atom stereocenters. The van der Waals surface area contributed by atoms with Gasteiger partial charge in [-0.15, -0.1) is 0 Å². The van der Waals surface area contributed by atoms with Gasteiger partial charge in [-0.1, -0.05) is 55.7 Å². The van der Waals surface area contributed by atoms with Crippen molar-refractivity contribution < 1.29 is 18.6 Å². The second-order valence-corrected chi connectivity index (χ2v) is 6.20. The highest BCUT2D eigenvalue weighted by molar-refractivity contribution is 5.77. The zero-order chi connectivity index (χ0) is 21.5. The van der Waals surface area contributed by atoms with Crippen molar-refractivity contribution >= 4 is 5.57 Å². The molecule has 0 aliphatic carbocycles. The molecule has 0 aliphatic rings. The number of benzene rings is 1. The van der Waals surface area contributed by atoms with Crippen LogP contribution in [0, 0.1) is 0 Å². The van der Waals surface area contributed by atoms with E-state index in [9.17, 15) is 4.39 Å². The molecule has 0 N–H and O–H groups in total. The van der Waals surface area contributed by atoms with Gasteiger partial charge in [0.05, 0.1) is 26.1 Å². The molecule has 1 aromatic rings. The van der Waals surface area contributed by atoms with E-state index >= 15 is 0 Å². The topological polar surface area (TPSA) is 27.7 Å². The van der Waals surface area contributed by atoms with Gasteiger partial charge < -0.3 is 14.2 Å². The number of halogens is 1. The standard InChI is InChI=1S/C25H31FO3/c1-6-8-9-10-15-22(26)17-23(13-7-2)29-18-21-14-11-12-16-24(21)25(19-27-4)20(3)28-5/h6-8,11-14,16-17,19H,2-3,9-10,15,18H2,1,4-5H3/b8-6+,22-17+,23-13+,25-19-. The molecule has 0 heterocycles. The summed E-state index contributed by atoms with van der Waals surface area (Å²) in [5.41, 5.74) is 2.48. The number of unbranched alkanes of at least 4 members (excludes halogenated alkanes) is 1. The third-order valence-corrected chi connectivity index (χ3v) is 4.09. The Balaban J connectivity index is 2.97. The summed E-state index contributed by atoms with van der Waals surface area (Å²) in [5, 5.41) is 0. The molecule has 0 spiro atoms. The highest BCUT2D eigenvalue weighted by atomic mass is 19.1. The Kier molecular flexibility index (Phi) is 11.6. The van der Waals surface area contributed by atoms with Gasteiger partial charge in [0.15, 0.2) is 0 Å². The van der Waals surface area contributed by atoms with Gasteiger partial charge in [0, 0.05) is 6.08 Å². The van der Waals surface area contributed by atoms with Crippen LogP contribution >= 0.6 is 0 Å². The van der Waals surface area contributed by atoms with Crippen molar-refractivity contribution in [2.45, 2.75) is 32.8 Å². The lowest BCUT2D eigenvalue weighted by atomic mass is 10.00. The van der Waals surface area contributed by atoms with E-state index in [0.717, 1.165) is 24.0 Å². The van der Waals surface area contributed by atoms with Crippen molar-refractivity contribution in [3.05, 3.63) is 103 Å². The molecular weight excluding hydrogens is 367 g/mol. The molecule has 29 heavy (non-hydrogen) atoms. The minimum Gasteiger partial charge on any atom is -0.504 e. The first kappa shape index (κ1) is 24.0. The smallest absolute Gasteiger partial charge is 0.122 e. The number of hydrogen-bond donors (Lipinski definition) is 0. The van der Waals surface area contributed by atoms with Gasteiger partial charge in [-0.05, 0) is 43.4 Å². The van der Waals surface area contributed by atoms with Crippen molar-refractivity contribution in [2.24, 2.45) is 0 Å². The molecule has 1 rings (SSSR count). The van der Waals surface area contributed by atoms with E-state index in [2.05, 4.69) is 13.2 Å². The largest absolute Gasteiger partial charge is 0.504 e. The Morgan fingerprint density at radius 3 is 2.62 bits per heavy atom. The predicted molar refractivity (Wildman–Crippen MR) is 119 cm³/mol. The predicted octanol–water partition coefficient (Wildman–Crippen LogP) is 7.02. The van der Waals surface area contributed by atoms with Crippen LogP contribution in [-0.4, -0.2) is 14.2 Å². The zero-order valence-corrected chi connectivity index (χ0v) is 17.6. The van der Waals surface area contributed by atoms with E-state index in [4.69, 9.17) is 14.2 Å². The summed E-state index contributed by atoms with van der Waals surface area (Å²) in [5.74, 6) is 0.679. The lowest BCUT2D eigenvalue weighted by Gasteiger charge is -2.15. The molecule has 0 saturated heterocycles. The molecule has 0 saturated carbocycles. The first-order valence-corrected chi connectivity index (χ1v) is 9.54. The average molecular weight is 399 g/mol. The number of hydrogen-bond acceptors (Lipinski definition) is 3. The van der Waals surface area contributed by atoms with Gasteiger partial charge >= 0.3 is 0 Å². The highest BCUT2D eigenvalue weighted by Gasteiger charge is 2.12. The summed E-state index contributed by atoms with van der Waals surface area (Å²) < 4.78 is 30.5.